The number of carbonyl (C=O) groups is 1. The zero-order chi connectivity index (χ0) is 14.1. The molecule has 0 atom stereocenters. The van der Waals surface area contributed by atoms with Crippen LogP contribution in [0.15, 0.2) is 50.5 Å². The maximum atomic E-state index is 12.0. The van der Waals surface area contributed by atoms with Crippen LogP contribution in [0.25, 0.3) is 10.2 Å². The first kappa shape index (κ1) is 13.3. The molecule has 0 spiro atoms. The Morgan fingerprint density at radius 3 is 2.95 bits per heavy atom. The predicted octanol–water partition coefficient (Wildman–Crippen LogP) is 3.82. The van der Waals surface area contributed by atoms with Crippen LogP contribution < -0.4 is 4.80 Å². The molecule has 0 aliphatic carbocycles. The van der Waals surface area contributed by atoms with Gasteiger partial charge in [-0.15, -0.1) is 0 Å². The summed E-state index contributed by atoms with van der Waals surface area (Å²) in [5.41, 5.74) is 1.06. The number of halogens is 1. The van der Waals surface area contributed by atoms with E-state index in [9.17, 15) is 4.79 Å². The number of benzene rings is 1. The van der Waals surface area contributed by atoms with E-state index in [0.717, 1.165) is 21.2 Å². The fraction of sp³-hybridized carbons (Fsp3) is 0.143. The Morgan fingerprint density at radius 1 is 1.40 bits per heavy atom. The summed E-state index contributed by atoms with van der Waals surface area (Å²) in [6.45, 7) is 2.77. The van der Waals surface area contributed by atoms with Gasteiger partial charge < -0.3 is 8.98 Å². The van der Waals surface area contributed by atoms with Gasteiger partial charge in [0.2, 0.25) is 0 Å². The minimum absolute atomic E-state index is 0.254. The Kier molecular flexibility index (Phi) is 3.58. The van der Waals surface area contributed by atoms with Gasteiger partial charge in [-0.25, -0.2) is 0 Å². The van der Waals surface area contributed by atoms with Gasteiger partial charge >= 0.3 is 5.91 Å². The van der Waals surface area contributed by atoms with E-state index in [1.54, 1.807) is 12.1 Å². The third-order valence-electron chi connectivity index (χ3n) is 2.90. The van der Waals surface area contributed by atoms with Crippen LogP contribution in [-0.4, -0.2) is 10.5 Å². The van der Waals surface area contributed by atoms with Gasteiger partial charge in [-0.05, 0) is 47.1 Å². The molecule has 0 bridgehead atoms. The standard InChI is InChI=1S/C14H11BrN2O2S/c1-2-17-12-9(15)5-3-7-11(12)20-14(17)16-13(18)10-6-4-8-19-10/h3-8H,2H2,1H3. The Morgan fingerprint density at radius 2 is 2.25 bits per heavy atom. The summed E-state index contributed by atoms with van der Waals surface area (Å²) >= 11 is 5.04. The molecule has 0 N–H and O–H groups in total. The third kappa shape index (κ3) is 2.25. The second-order valence-corrected chi connectivity index (χ2v) is 5.97. The van der Waals surface area contributed by atoms with Crippen molar-refractivity contribution in [2.75, 3.05) is 0 Å². The molecule has 102 valence electrons. The summed E-state index contributed by atoms with van der Waals surface area (Å²) in [5.74, 6) is -0.107. The van der Waals surface area contributed by atoms with Gasteiger partial charge in [0.1, 0.15) is 0 Å². The molecule has 1 aromatic carbocycles. The highest BCUT2D eigenvalue weighted by Crippen LogP contribution is 2.25. The van der Waals surface area contributed by atoms with E-state index in [0.29, 0.717) is 4.80 Å². The molecule has 3 rings (SSSR count). The SMILES string of the molecule is CCn1c(=NC(=O)c2ccco2)sc2cccc(Br)c21. The van der Waals surface area contributed by atoms with Crippen molar-refractivity contribution in [3.05, 3.63) is 51.6 Å². The average Bonchev–Trinajstić information content (AvgIpc) is 3.05. The van der Waals surface area contributed by atoms with Crippen molar-refractivity contribution in [3.8, 4) is 0 Å². The van der Waals surface area contributed by atoms with Crippen LogP contribution in [-0.2, 0) is 6.54 Å². The number of aryl methyl sites for hydroxylation is 1. The predicted molar refractivity (Wildman–Crippen MR) is 81.8 cm³/mol. The maximum absolute atomic E-state index is 12.0. The number of hydrogen-bond donors (Lipinski definition) is 0. The molecule has 0 unspecified atom stereocenters. The van der Waals surface area contributed by atoms with E-state index in [1.807, 2.05) is 29.7 Å². The number of rotatable bonds is 2. The lowest BCUT2D eigenvalue weighted by molar-refractivity contribution is 0.0971. The Hall–Kier alpha value is -1.66. The van der Waals surface area contributed by atoms with Gasteiger partial charge in [-0.3, -0.25) is 4.79 Å². The largest absolute Gasteiger partial charge is 0.459 e. The molecule has 0 fully saturated rings. The molecule has 2 heterocycles. The highest BCUT2D eigenvalue weighted by molar-refractivity contribution is 9.10. The number of carbonyl (C=O) groups excluding carboxylic acids is 1. The average molecular weight is 351 g/mol. The number of thiazole rings is 1. The van der Waals surface area contributed by atoms with Crippen molar-refractivity contribution < 1.29 is 9.21 Å². The number of amides is 1. The second-order valence-electron chi connectivity index (χ2n) is 4.11. The van der Waals surface area contributed by atoms with Gasteiger partial charge in [0, 0.05) is 11.0 Å². The fourth-order valence-corrected chi connectivity index (χ4v) is 3.84. The maximum Gasteiger partial charge on any atom is 0.315 e. The van der Waals surface area contributed by atoms with E-state index in [-0.39, 0.29) is 11.7 Å². The molecule has 4 nitrogen and oxygen atoms in total. The van der Waals surface area contributed by atoms with E-state index in [1.165, 1.54) is 17.6 Å². The number of fused-ring (bicyclic) bond motifs is 1. The second kappa shape index (κ2) is 5.38. The quantitative estimate of drug-likeness (QED) is 0.705. The van der Waals surface area contributed by atoms with Crippen LogP contribution in [0.4, 0.5) is 0 Å². The highest BCUT2D eigenvalue weighted by Gasteiger charge is 2.11. The summed E-state index contributed by atoms with van der Waals surface area (Å²) in [6.07, 6.45) is 1.47. The van der Waals surface area contributed by atoms with E-state index < -0.39 is 0 Å². The van der Waals surface area contributed by atoms with Crippen molar-refractivity contribution in [1.29, 1.82) is 0 Å². The molecule has 20 heavy (non-hydrogen) atoms. The molecule has 0 aliphatic rings. The fourth-order valence-electron chi connectivity index (χ4n) is 2.01. The number of aromatic nitrogens is 1. The van der Waals surface area contributed by atoms with Crippen LogP contribution in [0.3, 0.4) is 0 Å². The van der Waals surface area contributed by atoms with Crippen molar-refractivity contribution in [1.82, 2.24) is 4.57 Å². The first-order valence-electron chi connectivity index (χ1n) is 6.11. The number of hydrogen-bond acceptors (Lipinski definition) is 3. The van der Waals surface area contributed by atoms with Crippen molar-refractivity contribution in [3.63, 3.8) is 0 Å². The topological polar surface area (TPSA) is 47.5 Å². The Labute approximate surface area is 127 Å². The minimum atomic E-state index is -0.361. The Balaban J connectivity index is 2.21. The third-order valence-corrected chi connectivity index (χ3v) is 4.58. The molecule has 3 aromatic rings. The molecule has 0 aliphatic heterocycles. The summed E-state index contributed by atoms with van der Waals surface area (Å²) in [7, 11) is 0. The van der Waals surface area contributed by atoms with Crippen LogP contribution in [0.1, 0.15) is 17.5 Å². The van der Waals surface area contributed by atoms with E-state index >= 15 is 0 Å². The van der Waals surface area contributed by atoms with Crippen molar-refractivity contribution >= 4 is 43.4 Å². The van der Waals surface area contributed by atoms with Crippen molar-refractivity contribution in [2.24, 2.45) is 4.99 Å². The lowest BCUT2D eigenvalue weighted by Crippen LogP contribution is -2.15. The van der Waals surface area contributed by atoms with E-state index in [4.69, 9.17) is 4.42 Å². The minimum Gasteiger partial charge on any atom is -0.459 e. The van der Waals surface area contributed by atoms with Crippen LogP contribution in [0, 0.1) is 0 Å². The van der Waals surface area contributed by atoms with Crippen LogP contribution in [0.2, 0.25) is 0 Å². The monoisotopic (exact) mass is 350 g/mol. The lowest BCUT2D eigenvalue weighted by Gasteiger charge is -2.01. The number of furan rings is 1. The zero-order valence-corrected chi connectivity index (χ0v) is 13.1. The van der Waals surface area contributed by atoms with Crippen molar-refractivity contribution in [2.45, 2.75) is 13.5 Å². The molecule has 6 heteroatoms. The molecule has 2 aromatic heterocycles. The molecular weight excluding hydrogens is 340 g/mol. The molecular formula is C14H11BrN2O2S. The van der Waals surface area contributed by atoms with Gasteiger partial charge in [-0.2, -0.15) is 4.99 Å². The molecule has 1 amide bonds. The van der Waals surface area contributed by atoms with Gasteiger partial charge in [-0.1, -0.05) is 17.4 Å². The smallest absolute Gasteiger partial charge is 0.315 e. The number of nitrogens with zero attached hydrogens (tertiary/aromatic N) is 2. The first-order valence-corrected chi connectivity index (χ1v) is 7.72. The Bertz CT molecular complexity index is 831. The summed E-state index contributed by atoms with van der Waals surface area (Å²) in [4.78, 5) is 16.9. The number of para-hydroxylation sites is 1. The molecule has 0 saturated heterocycles. The van der Waals surface area contributed by atoms with Gasteiger partial charge in [0.05, 0.1) is 16.5 Å². The molecule has 0 saturated carbocycles. The normalized spacial score (nSPS) is 12.2. The summed E-state index contributed by atoms with van der Waals surface area (Å²) in [5, 5.41) is 0. The van der Waals surface area contributed by atoms with E-state index in [2.05, 4.69) is 20.9 Å². The highest BCUT2D eigenvalue weighted by atomic mass is 79.9. The van der Waals surface area contributed by atoms with Gasteiger partial charge in [0.25, 0.3) is 0 Å². The molecule has 0 radical (unpaired) electrons. The summed E-state index contributed by atoms with van der Waals surface area (Å²) < 4.78 is 9.19. The zero-order valence-electron chi connectivity index (χ0n) is 10.7. The van der Waals surface area contributed by atoms with Gasteiger partial charge in [0.15, 0.2) is 10.6 Å². The van der Waals surface area contributed by atoms with Crippen LogP contribution >= 0.6 is 27.3 Å². The van der Waals surface area contributed by atoms with Crippen LogP contribution in [0.5, 0.6) is 0 Å². The summed E-state index contributed by atoms with van der Waals surface area (Å²) in [6, 6.07) is 9.27. The first-order chi connectivity index (χ1) is 9.70. The lowest BCUT2D eigenvalue weighted by atomic mass is 10.3.